The fourth-order valence-electron chi connectivity index (χ4n) is 3.64. The monoisotopic (exact) mass is 454 g/mol. The first kappa shape index (κ1) is 20.7. The Balaban J connectivity index is 1.62. The highest BCUT2D eigenvalue weighted by Crippen LogP contribution is 2.32. The molecule has 1 fully saturated rings. The standard InChI is InChI=1S/C22H20ClFN6O2/c1-11-12(2)27-21-20(26-11)19(15-5-4-14(23)8-16(15)24)28-22(29-21)30-6-7-31-18(10-30)17-9-25-13(3)32-17/h4-5,8-9,18H,6-7,10H2,1-3H3/t18-/m1/s1. The number of halogens is 2. The van der Waals surface area contributed by atoms with E-state index in [1.807, 2.05) is 18.7 Å². The number of ether oxygens (including phenoxy) is 1. The highest BCUT2D eigenvalue weighted by atomic mass is 35.5. The quantitative estimate of drug-likeness (QED) is 0.450. The molecule has 0 amide bonds. The number of rotatable bonds is 3. The molecule has 0 unspecified atom stereocenters. The summed E-state index contributed by atoms with van der Waals surface area (Å²) in [5.74, 6) is 1.15. The number of fused-ring (bicyclic) bond motifs is 1. The van der Waals surface area contributed by atoms with E-state index in [0.717, 1.165) is 11.4 Å². The smallest absolute Gasteiger partial charge is 0.228 e. The molecule has 3 aromatic heterocycles. The molecule has 164 valence electrons. The van der Waals surface area contributed by atoms with Crippen LogP contribution in [0.3, 0.4) is 0 Å². The van der Waals surface area contributed by atoms with Crippen molar-refractivity contribution in [2.45, 2.75) is 26.9 Å². The van der Waals surface area contributed by atoms with Crippen LogP contribution in [0, 0.1) is 26.6 Å². The predicted octanol–water partition coefficient (Wildman–Crippen LogP) is 4.37. The van der Waals surface area contributed by atoms with Crippen LogP contribution in [-0.2, 0) is 4.74 Å². The molecule has 0 N–H and O–H groups in total. The van der Waals surface area contributed by atoms with Gasteiger partial charge >= 0.3 is 0 Å². The molecule has 32 heavy (non-hydrogen) atoms. The number of benzene rings is 1. The molecule has 4 aromatic rings. The molecule has 10 heteroatoms. The van der Waals surface area contributed by atoms with Crippen molar-refractivity contribution in [2.24, 2.45) is 0 Å². The van der Waals surface area contributed by atoms with Crippen LogP contribution >= 0.6 is 11.6 Å². The third-order valence-electron chi connectivity index (χ3n) is 5.42. The number of nitrogens with zero attached hydrogens (tertiary/aromatic N) is 6. The first-order valence-electron chi connectivity index (χ1n) is 10.2. The summed E-state index contributed by atoms with van der Waals surface area (Å²) < 4.78 is 26.4. The zero-order valence-electron chi connectivity index (χ0n) is 17.8. The Labute approximate surface area is 188 Å². The Hall–Kier alpha value is -3.17. The minimum atomic E-state index is -0.486. The lowest BCUT2D eigenvalue weighted by atomic mass is 10.1. The zero-order chi connectivity index (χ0) is 22.4. The van der Waals surface area contributed by atoms with E-state index in [1.54, 1.807) is 25.3 Å². The van der Waals surface area contributed by atoms with E-state index >= 15 is 0 Å². The molecule has 1 atom stereocenters. The van der Waals surface area contributed by atoms with Gasteiger partial charge in [-0.1, -0.05) is 11.6 Å². The lowest BCUT2D eigenvalue weighted by molar-refractivity contribution is 0.0248. The highest BCUT2D eigenvalue weighted by Gasteiger charge is 2.28. The summed E-state index contributed by atoms with van der Waals surface area (Å²) in [6.45, 7) is 6.98. The normalized spacial score (nSPS) is 16.7. The van der Waals surface area contributed by atoms with Crippen LogP contribution in [0.2, 0.25) is 5.02 Å². The van der Waals surface area contributed by atoms with Crippen molar-refractivity contribution in [3.63, 3.8) is 0 Å². The fraction of sp³-hybridized carbons (Fsp3) is 0.318. The average Bonchev–Trinajstić information content (AvgIpc) is 3.21. The van der Waals surface area contributed by atoms with Gasteiger partial charge in [0.1, 0.15) is 23.1 Å². The summed E-state index contributed by atoms with van der Waals surface area (Å²) in [6.07, 6.45) is 1.35. The molecule has 4 heterocycles. The molecule has 1 aliphatic rings. The van der Waals surface area contributed by atoms with Gasteiger partial charge in [-0.05, 0) is 32.0 Å². The molecule has 5 rings (SSSR count). The lowest BCUT2D eigenvalue weighted by Gasteiger charge is -2.32. The molecule has 0 aliphatic carbocycles. The van der Waals surface area contributed by atoms with Crippen LogP contribution in [0.15, 0.2) is 28.8 Å². The Kier molecular flexibility index (Phi) is 5.22. The van der Waals surface area contributed by atoms with Crippen LogP contribution in [0.1, 0.15) is 29.1 Å². The second kappa shape index (κ2) is 8.07. The molecule has 0 bridgehead atoms. The first-order valence-corrected chi connectivity index (χ1v) is 10.5. The van der Waals surface area contributed by atoms with Gasteiger partial charge in [0.2, 0.25) is 5.95 Å². The molecule has 0 saturated carbocycles. The van der Waals surface area contributed by atoms with Crippen LogP contribution in [0.4, 0.5) is 10.3 Å². The van der Waals surface area contributed by atoms with Gasteiger partial charge in [-0.2, -0.15) is 4.98 Å². The van der Waals surface area contributed by atoms with Gasteiger partial charge in [0.05, 0.1) is 30.7 Å². The second-order valence-electron chi connectivity index (χ2n) is 7.65. The van der Waals surface area contributed by atoms with E-state index < -0.39 is 5.82 Å². The fourth-order valence-corrected chi connectivity index (χ4v) is 3.80. The maximum absolute atomic E-state index is 14.9. The number of hydrogen-bond donors (Lipinski definition) is 0. The highest BCUT2D eigenvalue weighted by molar-refractivity contribution is 6.30. The topological polar surface area (TPSA) is 90.1 Å². The molecule has 1 aromatic carbocycles. The zero-order valence-corrected chi connectivity index (χ0v) is 18.5. The van der Waals surface area contributed by atoms with Gasteiger partial charge in [0, 0.05) is 24.1 Å². The number of anilines is 1. The number of aryl methyl sites for hydroxylation is 3. The summed E-state index contributed by atoms with van der Waals surface area (Å²) in [5, 5.41) is 0.307. The van der Waals surface area contributed by atoms with Crippen molar-refractivity contribution >= 4 is 28.7 Å². The average molecular weight is 455 g/mol. The van der Waals surface area contributed by atoms with E-state index in [0.29, 0.717) is 59.2 Å². The number of hydrogen-bond acceptors (Lipinski definition) is 8. The Bertz CT molecular complexity index is 1330. The van der Waals surface area contributed by atoms with E-state index in [2.05, 4.69) is 19.9 Å². The summed E-state index contributed by atoms with van der Waals surface area (Å²) in [6, 6.07) is 4.48. The van der Waals surface area contributed by atoms with Gasteiger partial charge in [-0.25, -0.2) is 24.3 Å². The second-order valence-corrected chi connectivity index (χ2v) is 8.09. The van der Waals surface area contributed by atoms with E-state index in [9.17, 15) is 4.39 Å². The third kappa shape index (κ3) is 3.78. The van der Waals surface area contributed by atoms with E-state index in [1.165, 1.54) is 6.07 Å². The molecule has 1 saturated heterocycles. The Morgan fingerprint density at radius 1 is 1.09 bits per heavy atom. The summed E-state index contributed by atoms with van der Waals surface area (Å²) in [5.41, 5.74) is 2.98. The predicted molar refractivity (Wildman–Crippen MR) is 117 cm³/mol. The number of aromatic nitrogens is 5. The van der Waals surface area contributed by atoms with Crippen molar-refractivity contribution < 1.29 is 13.5 Å². The Morgan fingerprint density at radius 3 is 2.66 bits per heavy atom. The number of oxazole rings is 1. The Morgan fingerprint density at radius 2 is 1.91 bits per heavy atom. The van der Waals surface area contributed by atoms with Gasteiger partial charge in [-0.15, -0.1) is 0 Å². The maximum atomic E-state index is 14.9. The van der Waals surface area contributed by atoms with E-state index in [-0.39, 0.29) is 11.7 Å². The summed E-state index contributed by atoms with van der Waals surface area (Å²) in [4.78, 5) is 24.7. The minimum Gasteiger partial charge on any atom is -0.443 e. The SMILES string of the molecule is Cc1ncc([C@H]2CN(c3nc(-c4ccc(Cl)cc4F)c4nc(C)c(C)nc4n3)CCO2)o1. The maximum Gasteiger partial charge on any atom is 0.228 e. The summed E-state index contributed by atoms with van der Waals surface area (Å²) in [7, 11) is 0. The van der Waals surface area contributed by atoms with Crippen molar-refractivity contribution in [1.29, 1.82) is 0 Å². The summed E-state index contributed by atoms with van der Waals surface area (Å²) >= 11 is 5.96. The van der Waals surface area contributed by atoms with Crippen LogP contribution < -0.4 is 4.90 Å². The van der Waals surface area contributed by atoms with Gasteiger partial charge in [0.15, 0.2) is 17.3 Å². The molecule has 0 radical (unpaired) electrons. The van der Waals surface area contributed by atoms with Gasteiger partial charge in [-0.3, -0.25) is 0 Å². The minimum absolute atomic E-state index is 0.288. The van der Waals surface area contributed by atoms with Crippen molar-refractivity contribution in [3.8, 4) is 11.3 Å². The van der Waals surface area contributed by atoms with Crippen LogP contribution in [0.5, 0.6) is 0 Å². The third-order valence-corrected chi connectivity index (χ3v) is 5.66. The van der Waals surface area contributed by atoms with Crippen molar-refractivity contribution in [2.75, 3.05) is 24.6 Å². The lowest BCUT2D eigenvalue weighted by Crippen LogP contribution is -2.39. The molecule has 1 aliphatic heterocycles. The molecular weight excluding hydrogens is 435 g/mol. The van der Waals surface area contributed by atoms with Crippen molar-refractivity contribution in [1.82, 2.24) is 24.9 Å². The van der Waals surface area contributed by atoms with Crippen LogP contribution in [-0.4, -0.2) is 44.6 Å². The first-order chi connectivity index (χ1) is 15.4. The van der Waals surface area contributed by atoms with Crippen LogP contribution in [0.25, 0.3) is 22.4 Å². The van der Waals surface area contributed by atoms with E-state index in [4.69, 9.17) is 25.7 Å². The van der Waals surface area contributed by atoms with Gasteiger partial charge in [0.25, 0.3) is 0 Å². The molecule has 8 nitrogen and oxygen atoms in total. The largest absolute Gasteiger partial charge is 0.443 e. The molecule has 0 spiro atoms. The van der Waals surface area contributed by atoms with Crippen molar-refractivity contribution in [3.05, 3.63) is 58.3 Å². The number of morpholine rings is 1. The van der Waals surface area contributed by atoms with Gasteiger partial charge < -0.3 is 14.1 Å². The molecular formula is C22H20ClFN6O2.